The molecule has 0 aliphatic heterocycles. The van der Waals surface area contributed by atoms with Crippen molar-refractivity contribution in [3.8, 4) is 0 Å². The van der Waals surface area contributed by atoms with E-state index in [0.717, 1.165) is 29.4 Å². The average Bonchev–Trinajstić information content (AvgIpc) is 3.29. The second-order valence-electron chi connectivity index (χ2n) is 5.79. The van der Waals surface area contributed by atoms with Crippen molar-refractivity contribution in [3.63, 3.8) is 0 Å². The summed E-state index contributed by atoms with van der Waals surface area (Å²) in [7, 11) is 1.79. The molecule has 0 saturated heterocycles. The van der Waals surface area contributed by atoms with Crippen molar-refractivity contribution in [2.45, 2.75) is 24.9 Å². The van der Waals surface area contributed by atoms with E-state index in [1.54, 1.807) is 13.2 Å². The lowest BCUT2D eigenvalue weighted by Gasteiger charge is -2.22. The number of aromatic nitrogens is 2. The van der Waals surface area contributed by atoms with Gasteiger partial charge in [0.1, 0.15) is 0 Å². The molecule has 0 bridgehead atoms. The maximum atomic E-state index is 6.01. The largest absolute Gasteiger partial charge is 0.354 e. The smallest absolute Gasteiger partial charge is 0.191 e. The summed E-state index contributed by atoms with van der Waals surface area (Å²) in [6.07, 6.45) is 10.2. The summed E-state index contributed by atoms with van der Waals surface area (Å²) in [5, 5.41) is 12.0. The van der Waals surface area contributed by atoms with Gasteiger partial charge in [-0.3, -0.25) is 9.67 Å². The molecule has 134 valence electrons. The Kier molecular flexibility index (Phi) is 7.77. The van der Waals surface area contributed by atoms with E-state index >= 15 is 0 Å². The topological polar surface area (TPSA) is 54.2 Å². The minimum atomic E-state index is 0. The van der Waals surface area contributed by atoms with E-state index in [2.05, 4.69) is 32.9 Å². The minimum Gasteiger partial charge on any atom is -0.354 e. The summed E-state index contributed by atoms with van der Waals surface area (Å²) in [5.41, 5.74) is 1.15. The molecule has 3 rings (SSSR count). The predicted molar refractivity (Wildman–Crippen MR) is 114 cm³/mol. The van der Waals surface area contributed by atoms with Gasteiger partial charge in [0.05, 0.1) is 6.04 Å². The predicted octanol–water partition coefficient (Wildman–Crippen LogP) is 3.63. The Morgan fingerprint density at radius 3 is 2.64 bits per heavy atom. The summed E-state index contributed by atoms with van der Waals surface area (Å²) in [6.45, 7) is 0.684. The molecule has 0 spiro atoms. The molecule has 0 fully saturated rings. The van der Waals surface area contributed by atoms with Crippen LogP contribution in [-0.4, -0.2) is 35.4 Å². The van der Waals surface area contributed by atoms with Crippen molar-refractivity contribution in [3.05, 3.63) is 65.5 Å². The van der Waals surface area contributed by atoms with E-state index < -0.39 is 0 Å². The van der Waals surface area contributed by atoms with Crippen LogP contribution in [0.1, 0.15) is 24.4 Å². The second-order valence-corrected chi connectivity index (χ2v) is 6.23. The van der Waals surface area contributed by atoms with Gasteiger partial charge in [0.15, 0.2) is 5.96 Å². The fourth-order valence-electron chi connectivity index (χ4n) is 2.83. The Morgan fingerprint density at radius 1 is 1.32 bits per heavy atom. The number of guanidine groups is 1. The monoisotopic (exact) mass is 471 g/mol. The van der Waals surface area contributed by atoms with Crippen LogP contribution in [0.25, 0.3) is 0 Å². The Bertz CT molecular complexity index is 689. The zero-order valence-electron chi connectivity index (χ0n) is 14.1. The standard InChI is InChI=1S/C18H22ClN5.HI/c1-20-18(23-16-5-2-3-6-16)21-13-17(24-12-4-11-22-24)14-7-9-15(19)10-8-14;/h2-4,7-12,16-17H,5-6,13H2,1H3,(H2,20,21,23);1H. The Balaban J connectivity index is 0.00000225. The van der Waals surface area contributed by atoms with Gasteiger partial charge in [0, 0.05) is 37.1 Å². The van der Waals surface area contributed by atoms with Crippen LogP contribution >= 0.6 is 35.6 Å². The second kappa shape index (κ2) is 9.82. The van der Waals surface area contributed by atoms with Crippen LogP contribution in [-0.2, 0) is 0 Å². The molecule has 0 saturated carbocycles. The molecule has 1 aliphatic rings. The zero-order chi connectivity index (χ0) is 16.8. The lowest BCUT2D eigenvalue weighted by atomic mass is 10.1. The first kappa shape index (κ1) is 19.8. The summed E-state index contributed by atoms with van der Waals surface area (Å²) in [6, 6.07) is 10.3. The number of hydrogen-bond donors (Lipinski definition) is 2. The van der Waals surface area contributed by atoms with Crippen LogP contribution in [0.15, 0.2) is 59.9 Å². The van der Waals surface area contributed by atoms with Crippen LogP contribution in [0, 0.1) is 0 Å². The van der Waals surface area contributed by atoms with Crippen molar-refractivity contribution in [1.29, 1.82) is 0 Å². The van der Waals surface area contributed by atoms with Gasteiger partial charge >= 0.3 is 0 Å². The van der Waals surface area contributed by atoms with Crippen LogP contribution < -0.4 is 10.6 Å². The first-order chi connectivity index (χ1) is 11.8. The molecule has 1 aliphatic carbocycles. The van der Waals surface area contributed by atoms with Crippen LogP contribution in [0.4, 0.5) is 0 Å². The van der Waals surface area contributed by atoms with Gasteiger partial charge in [-0.15, -0.1) is 24.0 Å². The Morgan fingerprint density at radius 2 is 2.04 bits per heavy atom. The average molecular weight is 472 g/mol. The first-order valence-electron chi connectivity index (χ1n) is 8.13. The number of nitrogens with zero attached hydrogens (tertiary/aromatic N) is 3. The maximum Gasteiger partial charge on any atom is 0.191 e. The van der Waals surface area contributed by atoms with Gasteiger partial charge in [0.2, 0.25) is 0 Å². The highest BCUT2D eigenvalue weighted by atomic mass is 127. The molecule has 1 unspecified atom stereocenters. The van der Waals surface area contributed by atoms with Gasteiger partial charge in [-0.25, -0.2) is 0 Å². The Hall–Kier alpha value is -1.54. The van der Waals surface area contributed by atoms with Gasteiger partial charge in [-0.2, -0.15) is 5.10 Å². The van der Waals surface area contributed by atoms with E-state index in [0.29, 0.717) is 12.6 Å². The third-order valence-electron chi connectivity index (χ3n) is 4.13. The van der Waals surface area contributed by atoms with Crippen molar-refractivity contribution in [2.75, 3.05) is 13.6 Å². The summed E-state index contributed by atoms with van der Waals surface area (Å²) in [5.74, 6) is 0.815. The number of nitrogens with one attached hydrogen (secondary N) is 2. The van der Waals surface area contributed by atoms with E-state index in [1.165, 1.54) is 0 Å². The Labute approximate surface area is 170 Å². The normalized spacial score (nSPS) is 15.7. The van der Waals surface area contributed by atoms with Crippen molar-refractivity contribution in [1.82, 2.24) is 20.4 Å². The van der Waals surface area contributed by atoms with E-state index in [-0.39, 0.29) is 30.0 Å². The summed E-state index contributed by atoms with van der Waals surface area (Å²) >= 11 is 6.01. The van der Waals surface area contributed by atoms with Crippen molar-refractivity contribution < 1.29 is 0 Å². The number of aliphatic imine (C=N–C) groups is 1. The van der Waals surface area contributed by atoms with Gasteiger partial charge in [-0.05, 0) is 36.6 Å². The maximum absolute atomic E-state index is 6.01. The lowest BCUT2D eigenvalue weighted by Crippen LogP contribution is -2.44. The molecule has 1 heterocycles. The highest BCUT2D eigenvalue weighted by molar-refractivity contribution is 14.0. The molecule has 0 radical (unpaired) electrons. The molecule has 7 heteroatoms. The van der Waals surface area contributed by atoms with Crippen LogP contribution in [0.3, 0.4) is 0 Å². The number of halogens is 2. The SMILES string of the molecule is CN=C(NCC(c1ccc(Cl)cc1)n1cccn1)NC1CC=CC1.I. The van der Waals surface area contributed by atoms with Gasteiger partial charge in [-0.1, -0.05) is 35.9 Å². The lowest BCUT2D eigenvalue weighted by molar-refractivity contribution is 0.507. The van der Waals surface area contributed by atoms with E-state index in [9.17, 15) is 0 Å². The zero-order valence-corrected chi connectivity index (χ0v) is 17.2. The van der Waals surface area contributed by atoms with E-state index in [1.807, 2.05) is 41.2 Å². The summed E-state index contributed by atoms with van der Waals surface area (Å²) in [4.78, 5) is 4.33. The summed E-state index contributed by atoms with van der Waals surface area (Å²) < 4.78 is 1.95. The highest BCUT2D eigenvalue weighted by Crippen LogP contribution is 2.19. The molecular weight excluding hydrogens is 449 g/mol. The number of rotatable bonds is 5. The molecule has 2 N–H and O–H groups in total. The molecule has 0 amide bonds. The molecule has 1 aromatic carbocycles. The molecular formula is C18H23ClIN5. The van der Waals surface area contributed by atoms with Crippen molar-refractivity contribution in [2.24, 2.45) is 4.99 Å². The van der Waals surface area contributed by atoms with Gasteiger partial charge < -0.3 is 10.6 Å². The van der Waals surface area contributed by atoms with E-state index in [4.69, 9.17) is 11.6 Å². The first-order valence-corrected chi connectivity index (χ1v) is 8.51. The van der Waals surface area contributed by atoms with Crippen molar-refractivity contribution >= 4 is 41.5 Å². The molecule has 25 heavy (non-hydrogen) atoms. The molecule has 1 aromatic heterocycles. The minimum absolute atomic E-state index is 0. The third-order valence-corrected chi connectivity index (χ3v) is 4.39. The molecule has 2 aromatic rings. The third kappa shape index (κ3) is 5.47. The van der Waals surface area contributed by atoms with Crippen LogP contribution in [0.5, 0.6) is 0 Å². The quantitative estimate of drug-likeness (QED) is 0.303. The number of benzene rings is 1. The fourth-order valence-corrected chi connectivity index (χ4v) is 2.96. The van der Waals surface area contributed by atoms with Crippen LogP contribution in [0.2, 0.25) is 5.02 Å². The molecule has 1 atom stereocenters. The van der Waals surface area contributed by atoms with Gasteiger partial charge in [0.25, 0.3) is 0 Å². The number of hydrogen-bond acceptors (Lipinski definition) is 2. The molecule has 5 nitrogen and oxygen atoms in total. The highest BCUT2D eigenvalue weighted by Gasteiger charge is 2.16. The fraction of sp³-hybridized carbons (Fsp3) is 0.333.